The van der Waals surface area contributed by atoms with Gasteiger partial charge in [0.15, 0.2) is 0 Å². The van der Waals surface area contributed by atoms with Crippen LogP contribution in [0.25, 0.3) is 0 Å². The number of amides is 3. The van der Waals surface area contributed by atoms with Crippen molar-refractivity contribution in [1.29, 1.82) is 0 Å². The molecular weight excluding hydrogens is 399 g/mol. The van der Waals surface area contributed by atoms with Gasteiger partial charge >= 0.3 is 0 Å². The summed E-state index contributed by atoms with van der Waals surface area (Å²) in [6.45, 7) is 2.02. The van der Waals surface area contributed by atoms with E-state index in [0.717, 1.165) is 5.69 Å². The fourth-order valence-corrected chi connectivity index (χ4v) is 4.16. The largest absolute Gasteiger partial charge is 0.362 e. The molecule has 2 aromatic rings. The van der Waals surface area contributed by atoms with Crippen molar-refractivity contribution < 1.29 is 18.8 Å². The summed E-state index contributed by atoms with van der Waals surface area (Å²) in [6.07, 6.45) is 1.08. The van der Waals surface area contributed by atoms with Crippen LogP contribution in [0.3, 0.4) is 0 Å². The molecule has 3 amide bonds. The number of nitrogens with zero attached hydrogens (tertiary/aromatic N) is 1. The van der Waals surface area contributed by atoms with Gasteiger partial charge in [-0.05, 0) is 31.5 Å². The predicted molar refractivity (Wildman–Crippen MR) is 114 cm³/mol. The maximum absolute atomic E-state index is 13.8. The Balaban J connectivity index is 1.43. The van der Waals surface area contributed by atoms with Crippen LogP contribution in [0.15, 0.2) is 48.5 Å². The van der Waals surface area contributed by atoms with Crippen LogP contribution in [0.1, 0.15) is 42.1 Å². The second kappa shape index (κ2) is 8.37. The number of nitrogens with one attached hydrogen (secondary N) is 3. The van der Waals surface area contributed by atoms with E-state index in [9.17, 15) is 18.8 Å². The number of carbonyl (C=O) groups is 3. The first-order valence-corrected chi connectivity index (χ1v) is 10.4. The summed E-state index contributed by atoms with van der Waals surface area (Å²) in [5.74, 6) is -1.06. The van der Waals surface area contributed by atoms with Gasteiger partial charge < -0.3 is 20.9 Å². The normalized spacial score (nSPS) is 21.5. The molecule has 0 unspecified atom stereocenters. The Morgan fingerprint density at radius 2 is 1.87 bits per heavy atom. The van der Waals surface area contributed by atoms with E-state index in [1.54, 1.807) is 37.3 Å². The smallest absolute Gasteiger partial charge is 0.255 e. The summed E-state index contributed by atoms with van der Waals surface area (Å²) >= 11 is 0. The Bertz CT molecular complexity index is 1030. The summed E-state index contributed by atoms with van der Waals surface area (Å²) in [7, 11) is 0. The fraction of sp³-hybridized carbons (Fsp3) is 0.348. The van der Waals surface area contributed by atoms with Gasteiger partial charge in [-0.15, -0.1) is 0 Å². The molecule has 2 atom stereocenters. The van der Waals surface area contributed by atoms with Crippen LogP contribution in [0.4, 0.5) is 10.1 Å². The third-order valence-corrected chi connectivity index (χ3v) is 6.02. The highest BCUT2D eigenvalue weighted by molar-refractivity contribution is 6.02. The zero-order chi connectivity index (χ0) is 22.0. The van der Waals surface area contributed by atoms with Gasteiger partial charge in [0.2, 0.25) is 11.8 Å². The summed E-state index contributed by atoms with van der Waals surface area (Å²) in [6, 6.07) is 12.8. The zero-order valence-corrected chi connectivity index (χ0v) is 17.3. The Labute approximate surface area is 180 Å². The Morgan fingerprint density at radius 1 is 1.13 bits per heavy atom. The van der Waals surface area contributed by atoms with Gasteiger partial charge in [-0.25, -0.2) is 4.39 Å². The standard InChI is InChI=1S/C23H25FN4O3/c1-15(21(30)25-14-16-6-2-4-8-18(16)24)28-13-12-23(11-10-20(28)29)26-19-9-5-3-7-17(19)22(31)27-23/h2-9,15,26H,10-14H2,1H3,(H,25,30)(H,27,31)/t15-,23-/m1/s1. The van der Waals surface area contributed by atoms with Crippen molar-refractivity contribution in [2.24, 2.45) is 0 Å². The molecule has 0 bridgehead atoms. The molecule has 162 valence electrons. The third-order valence-electron chi connectivity index (χ3n) is 6.02. The Morgan fingerprint density at radius 3 is 2.68 bits per heavy atom. The van der Waals surface area contributed by atoms with Gasteiger partial charge in [0.1, 0.15) is 17.5 Å². The number of para-hydroxylation sites is 1. The third kappa shape index (κ3) is 4.23. The molecule has 1 fully saturated rings. The van der Waals surface area contributed by atoms with Crippen molar-refractivity contribution in [3.05, 3.63) is 65.5 Å². The van der Waals surface area contributed by atoms with E-state index >= 15 is 0 Å². The van der Waals surface area contributed by atoms with E-state index in [2.05, 4.69) is 16.0 Å². The van der Waals surface area contributed by atoms with E-state index in [-0.39, 0.29) is 36.5 Å². The Kier molecular flexibility index (Phi) is 5.63. The summed E-state index contributed by atoms with van der Waals surface area (Å²) < 4.78 is 13.8. The molecule has 2 heterocycles. The van der Waals surface area contributed by atoms with Gasteiger partial charge in [0.05, 0.1) is 5.56 Å². The van der Waals surface area contributed by atoms with Crippen LogP contribution in [-0.4, -0.2) is 40.9 Å². The molecule has 8 heteroatoms. The van der Waals surface area contributed by atoms with Crippen LogP contribution in [0.5, 0.6) is 0 Å². The molecular formula is C23H25FN4O3. The van der Waals surface area contributed by atoms with Gasteiger partial charge in [-0.3, -0.25) is 14.4 Å². The number of rotatable bonds is 4. The van der Waals surface area contributed by atoms with Crippen molar-refractivity contribution >= 4 is 23.4 Å². The van der Waals surface area contributed by atoms with Crippen LogP contribution in [-0.2, 0) is 16.1 Å². The second-order valence-electron chi connectivity index (χ2n) is 8.03. The number of fused-ring (bicyclic) bond motifs is 1. The van der Waals surface area contributed by atoms with Crippen molar-refractivity contribution in [3.8, 4) is 0 Å². The lowest BCUT2D eigenvalue weighted by atomic mass is 9.95. The lowest BCUT2D eigenvalue weighted by Gasteiger charge is -2.40. The number of halogens is 1. The number of likely N-dealkylation sites (tertiary alicyclic amines) is 1. The molecule has 0 radical (unpaired) electrons. The molecule has 0 aliphatic carbocycles. The van der Waals surface area contributed by atoms with Gasteiger partial charge in [0.25, 0.3) is 5.91 Å². The van der Waals surface area contributed by atoms with Crippen LogP contribution < -0.4 is 16.0 Å². The van der Waals surface area contributed by atoms with Crippen molar-refractivity contribution in [3.63, 3.8) is 0 Å². The topological polar surface area (TPSA) is 90.5 Å². The number of anilines is 1. The van der Waals surface area contributed by atoms with E-state index < -0.39 is 11.7 Å². The molecule has 31 heavy (non-hydrogen) atoms. The Hall–Kier alpha value is -3.42. The lowest BCUT2D eigenvalue weighted by molar-refractivity contribution is -0.139. The highest BCUT2D eigenvalue weighted by Crippen LogP contribution is 2.32. The number of hydrogen-bond donors (Lipinski definition) is 3. The maximum atomic E-state index is 13.8. The van der Waals surface area contributed by atoms with Crippen molar-refractivity contribution in [2.75, 3.05) is 11.9 Å². The quantitative estimate of drug-likeness (QED) is 0.703. The maximum Gasteiger partial charge on any atom is 0.255 e. The van der Waals surface area contributed by atoms with E-state index in [1.165, 1.54) is 11.0 Å². The van der Waals surface area contributed by atoms with Crippen LogP contribution in [0.2, 0.25) is 0 Å². The van der Waals surface area contributed by atoms with Crippen LogP contribution >= 0.6 is 0 Å². The van der Waals surface area contributed by atoms with Gasteiger partial charge in [0, 0.05) is 37.2 Å². The van der Waals surface area contributed by atoms with Gasteiger partial charge in [-0.2, -0.15) is 0 Å². The molecule has 4 rings (SSSR count). The van der Waals surface area contributed by atoms with Crippen molar-refractivity contribution in [1.82, 2.24) is 15.5 Å². The molecule has 7 nitrogen and oxygen atoms in total. The van der Waals surface area contributed by atoms with E-state index in [4.69, 9.17) is 0 Å². The number of carbonyl (C=O) groups excluding carboxylic acids is 3. The minimum Gasteiger partial charge on any atom is -0.362 e. The molecule has 0 saturated carbocycles. The molecule has 2 aliphatic rings. The minimum atomic E-state index is -0.737. The van der Waals surface area contributed by atoms with Gasteiger partial charge in [-0.1, -0.05) is 30.3 Å². The first-order valence-electron chi connectivity index (χ1n) is 10.4. The SMILES string of the molecule is C[C@H](C(=O)NCc1ccccc1F)N1CC[C@@]2(CCC1=O)NC(=O)c1ccccc1N2. The lowest BCUT2D eigenvalue weighted by Crippen LogP contribution is -2.58. The van der Waals surface area contributed by atoms with E-state index in [1.807, 2.05) is 12.1 Å². The van der Waals surface area contributed by atoms with E-state index in [0.29, 0.717) is 30.5 Å². The average Bonchev–Trinajstić information content (AvgIpc) is 2.91. The predicted octanol–water partition coefficient (Wildman–Crippen LogP) is 2.39. The molecule has 1 saturated heterocycles. The highest BCUT2D eigenvalue weighted by atomic mass is 19.1. The molecule has 2 aliphatic heterocycles. The second-order valence-corrected chi connectivity index (χ2v) is 8.03. The first-order chi connectivity index (χ1) is 14.9. The van der Waals surface area contributed by atoms with Crippen LogP contribution in [0, 0.1) is 5.82 Å². The summed E-state index contributed by atoms with van der Waals surface area (Å²) in [5.41, 5.74) is 0.959. The minimum absolute atomic E-state index is 0.0518. The zero-order valence-electron chi connectivity index (χ0n) is 17.3. The number of hydrogen-bond acceptors (Lipinski definition) is 4. The highest BCUT2D eigenvalue weighted by Gasteiger charge is 2.41. The summed E-state index contributed by atoms with van der Waals surface area (Å²) in [5, 5.41) is 9.12. The number of benzene rings is 2. The molecule has 1 spiro atoms. The molecule has 3 N–H and O–H groups in total. The van der Waals surface area contributed by atoms with Crippen molar-refractivity contribution in [2.45, 2.75) is 44.4 Å². The monoisotopic (exact) mass is 424 g/mol. The summed E-state index contributed by atoms with van der Waals surface area (Å²) in [4.78, 5) is 39.5. The molecule has 0 aromatic heterocycles. The average molecular weight is 424 g/mol. The molecule has 2 aromatic carbocycles. The first kappa shape index (κ1) is 20.8. The fourth-order valence-electron chi connectivity index (χ4n) is 4.16.